The van der Waals surface area contributed by atoms with Crippen LogP contribution in [0.15, 0.2) is 0 Å². The number of ether oxygens (including phenoxy) is 2. The number of halogens is 1. The van der Waals surface area contributed by atoms with Gasteiger partial charge in [0.2, 0.25) is 5.91 Å². The van der Waals surface area contributed by atoms with Crippen molar-refractivity contribution in [2.24, 2.45) is 0 Å². The van der Waals surface area contributed by atoms with Crippen molar-refractivity contribution in [2.75, 3.05) is 26.2 Å². The van der Waals surface area contributed by atoms with Gasteiger partial charge in [-0.2, -0.15) is 0 Å². The van der Waals surface area contributed by atoms with E-state index in [1.54, 1.807) is 7.11 Å². The Morgan fingerprint density at radius 2 is 2.47 bits per heavy atom. The average molecular weight is 236 g/mol. The number of nitrogens with one attached hydrogen (secondary N) is 1. The molecule has 1 heterocycles. The molecule has 0 aliphatic carbocycles. The quantitative estimate of drug-likeness (QED) is 0.721. The molecule has 5 heteroatoms. The lowest BCUT2D eigenvalue weighted by Crippen LogP contribution is -2.46. The summed E-state index contributed by atoms with van der Waals surface area (Å²) in [6.07, 6.45) is 2.59. The van der Waals surface area contributed by atoms with Gasteiger partial charge in [0, 0.05) is 19.6 Å². The first-order chi connectivity index (χ1) is 7.27. The highest BCUT2D eigenvalue weighted by Crippen LogP contribution is 2.12. The third-order valence-electron chi connectivity index (χ3n) is 2.37. The van der Waals surface area contributed by atoms with Gasteiger partial charge in [-0.15, -0.1) is 11.6 Å². The normalized spacial score (nSPS) is 23.5. The molecule has 1 fully saturated rings. The molecule has 88 valence electrons. The second-order valence-electron chi connectivity index (χ2n) is 3.67. The van der Waals surface area contributed by atoms with Crippen LogP contribution in [0, 0.1) is 0 Å². The molecule has 1 aliphatic heterocycles. The monoisotopic (exact) mass is 235 g/mol. The van der Waals surface area contributed by atoms with Gasteiger partial charge in [-0.05, 0) is 19.3 Å². The lowest BCUT2D eigenvalue weighted by molar-refractivity contribution is -0.136. The van der Waals surface area contributed by atoms with Crippen molar-refractivity contribution in [3.05, 3.63) is 0 Å². The van der Waals surface area contributed by atoms with Gasteiger partial charge < -0.3 is 14.8 Å². The Labute approximate surface area is 95.3 Å². The minimum absolute atomic E-state index is 0.0719. The second-order valence-corrected chi connectivity index (χ2v) is 3.98. The summed E-state index contributed by atoms with van der Waals surface area (Å²) >= 11 is 5.69. The fourth-order valence-electron chi connectivity index (χ4n) is 1.57. The molecule has 0 spiro atoms. The number of hydrogen-bond donors (Lipinski definition) is 1. The van der Waals surface area contributed by atoms with E-state index in [2.05, 4.69) is 5.32 Å². The molecule has 0 radical (unpaired) electrons. The average Bonchev–Trinajstić information content (AvgIpc) is 2.29. The molecule has 0 aromatic heterocycles. The summed E-state index contributed by atoms with van der Waals surface area (Å²) in [6, 6.07) is -0.130. The Kier molecular flexibility index (Phi) is 5.98. The zero-order chi connectivity index (χ0) is 11.1. The van der Waals surface area contributed by atoms with Gasteiger partial charge in [-0.1, -0.05) is 0 Å². The van der Waals surface area contributed by atoms with Crippen molar-refractivity contribution < 1.29 is 14.3 Å². The van der Waals surface area contributed by atoms with Crippen molar-refractivity contribution in [2.45, 2.75) is 31.4 Å². The number of carbonyl (C=O) groups is 1. The van der Waals surface area contributed by atoms with E-state index in [0.717, 1.165) is 19.3 Å². The third-order valence-corrected chi connectivity index (χ3v) is 2.75. The third kappa shape index (κ3) is 4.36. The molecule has 1 amide bonds. The summed E-state index contributed by atoms with van der Waals surface area (Å²) in [4.78, 5) is 11.7. The van der Waals surface area contributed by atoms with Gasteiger partial charge in [0.05, 0.1) is 12.6 Å². The molecule has 1 saturated heterocycles. The Morgan fingerprint density at radius 1 is 1.67 bits per heavy atom. The van der Waals surface area contributed by atoms with Crippen molar-refractivity contribution in [1.82, 2.24) is 5.32 Å². The van der Waals surface area contributed by atoms with Crippen LogP contribution in [-0.2, 0) is 14.3 Å². The lowest BCUT2D eigenvalue weighted by Gasteiger charge is -2.24. The molecule has 2 atom stereocenters. The zero-order valence-corrected chi connectivity index (χ0v) is 9.76. The highest BCUT2D eigenvalue weighted by Gasteiger charge is 2.23. The summed E-state index contributed by atoms with van der Waals surface area (Å²) < 4.78 is 10.3. The molecule has 0 aromatic rings. The van der Waals surface area contributed by atoms with Gasteiger partial charge in [0.25, 0.3) is 0 Å². The van der Waals surface area contributed by atoms with Crippen LogP contribution < -0.4 is 5.32 Å². The Hall–Kier alpha value is -0.320. The molecule has 0 aromatic carbocycles. The van der Waals surface area contributed by atoms with E-state index in [1.165, 1.54) is 0 Å². The van der Waals surface area contributed by atoms with E-state index in [1.807, 2.05) is 0 Å². The van der Waals surface area contributed by atoms with Crippen LogP contribution in [0.2, 0.25) is 0 Å². The predicted octanol–water partition coefficient (Wildman–Crippen LogP) is 0.925. The van der Waals surface area contributed by atoms with E-state index in [9.17, 15) is 4.79 Å². The van der Waals surface area contributed by atoms with Crippen LogP contribution in [0.25, 0.3) is 0 Å². The number of carbonyl (C=O) groups excluding carboxylic acids is 1. The van der Waals surface area contributed by atoms with E-state index in [-0.39, 0.29) is 18.1 Å². The predicted molar refractivity (Wildman–Crippen MR) is 58.1 cm³/mol. The lowest BCUT2D eigenvalue weighted by atomic mass is 10.1. The van der Waals surface area contributed by atoms with E-state index in [0.29, 0.717) is 19.1 Å². The minimum Gasteiger partial charge on any atom is -0.383 e. The molecule has 0 saturated carbocycles. The Morgan fingerprint density at radius 3 is 3.00 bits per heavy atom. The van der Waals surface area contributed by atoms with E-state index in [4.69, 9.17) is 21.1 Å². The summed E-state index contributed by atoms with van der Waals surface area (Å²) in [5, 5.41) is 2.82. The molecular formula is C10H18ClNO3. The highest BCUT2D eigenvalue weighted by molar-refractivity contribution is 6.18. The smallest absolute Gasteiger partial charge is 0.249 e. The van der Waals surface area contributed by atoms with Crippen molar-refractivity contribution in [3.8, 4) is 0 Å². The van der Waals surface area contributed by atoms with Gasteiger partial charge in [-0.25, -0.2) is 0 Å². The molecule has 0 bridgehead atoms. The van der Waals surface area contributed by atoms with E-state index < -0.39 is 0 Å². The molecule has 4 nitrogen and oxygen atoms in total. The highest BCUT2D eigenvalue weighted by atomic mass is 35.5. The molecule has 1 rings (SSSR count). The van der Waals surface area contributed by atoms with E-state index >= 15 is 0 Å². The number of amides is 1. The molecule has 2 unspecified atom stereocenters. The maximum absolute atomic E-state index is 11.7. The molecule has 15 heavy (non-hydrogen) atoms. The summed E-state index contributed by atoms with van der Waals surface area (Å²) in [7, 11) is 1.59. The topological polar surface area (TPSA) is 47.6 Å². The first-order valence-corrected chi connectivity index (χ1v) is 5.78. The fraction of sp³-hybridized carbons (Fsp3) is 0.900. The van der Waals surface area contributed by atoms with Crippen LogP contribution in [0.5, 0.6) is 0 Å². The standard InChI is InChI=1S/C10H18ClNO3/c1-14-7-8(6-11)12-10(13)9-4-2-3-5-15-9/h8-9H,2-7H2,1H3,(H,12,13). The van der Waals surface area contributed by atoms with Gasteiger partial charge in [0.15, 0.2) is 0 Å². The SMILES string of the molecule is COCC(CCl)NC(=O)C1CCCCO1. The Balaban J connectivity index is 2.31. The number of hydrogen-bond acceptors (Lipinski definition) is 3. The minimum atomic E-state index is -0.304. The Bertz CT molecular complexity index is 195. The van der Waals surface area contributed by atoms with Gasteiger partial charge in [-0.3, -0.25) is 4.79 Å². The first-order valence-electron chi connectivity index (χ1n) is 5.24. The second kappa shape index (κ2) is 7.04. The van der Waals surface area contributed by atoms with Crippen molar-refractivity contribution >= 4 is 17.5 Å². The molecule has 1 aliphatic rings. The van der Waals surface area contributed by atoms with Crippen molar-refractivity contribution in [3.63, 3.8) is 0 Å². The number of rotatable bonds is 5. The zero-order valence-electron chi connectivity index (χ0n) is 9.00. The number of alkyl halides is 1. The maximum atomic E-state index is 11.7. The van der Waals surface area contributed by atoms with Gasteiger partial charge in [0.1, 0.15) is 6.10 Å². The van der Waals surface area contributed by atoms with Crippen LogP contribution in [0.1, 0.15) is 19.3 Å². The van der Waals surface area contributed by atoms with Crippen LogP contribution >= 0.6 is 11.6 Å². The number of methoxy groups -OCH3 is 1. The maximum Gasteiger partial charge on any atom is 0.249 e. The molecule has 1 N–H and O–H groups in total. The fourth-order valence-corrected chi connectivity index (χ4v) is 1.73. The summed E-state index contributed by atoms with van der Waals surface area (Å²) in [5.74, 6) is 0.282. The summed E-state index contributed by atoms with van der Waals surface area (Å²) in [5.41, 5.74) is 0. The van der Waals surface area contributed by atoms with Gasteiger partial charge >= 0.3 is 0 Å². The van der Waals surface area contributed by atoms with Crippen LogP contribution in [0.3, 0.4) is 0 Å². The summed E-state index contributed by atoms with van der Waals surface area (Å²) in [6.45, 7) is 1.11. The van der Waals surface area contributed by atoms with Crippen LogP contribution in [0.4, 0.5) is 0 Å². The first kappa shape index (κ1) is 12.7. The van der Waals surface area contributed by atoms with Crippen LogP contribution in [-0.4, -0.2) is 44.3 Å². The van der Waals surface area contributed by atoms with Crippen molar-refractivity contribution in [1.29, 1.82) is 0 Å². The molecular weight excluding hydrogens is 218 g/mol. The largest absolute Gasteiger partial charge is 0.383 e.